The highest BCUT2D eigenvalue weighted by atomic mass is 16.5. The van der Waals surface area contributed by atoms with Crippen LogP contribution in [-0.4, -0.2) is 29.9 Å². The number of hydrogen-bond donors (Lipinski definition) is 0. The van der Waals surface area contributed by atoms with Crippen molar-refractivity contribution < 1.29 is 23.9 Å². The van der Waals surface area contributed by atoms with Gasteiger partial charge in [-0.2, -0.15) is 0 Å². The molecule has 1 aromatic carbocycles. The molecule has 0 aliphatic carbocycles. The van der Waals surface area contributed by atoms with Crippen molar-refractivity contribution in [3.63, 3.8) is 0 Å². The van der Waals surface area contributed by atoms with Crippen molar-refractivity contribution in [3.05, 3.63) is 34.4 Å². The van der Waals surface area contributed by atoms with E-state index in [0.29, 0.717) is 0 Å². The smallest absolute Gasteiger partial charge is 0.339 e. The van der Waals surface area contributed by atoms with Gasteiger partial charge in [-0.3, -0.25) is 14.4 Å². The van der Waals surface area contributed by atoms with E-state index in [0.717, 1.165) is 0 Å². The molecular weight excluding hydrogens is 260 g/mol. The molecule has 0 saturated heterocycles. The first-order valence-electron chi connectivity index (χ1n) is 6.17. The molecule has 0 saturated carbocycles. The third kappa shape index (κ3) is 3.17. The van der Waals surface area contributed by atoms with Gasteiger partial charge in [0, 0.05) is 16.7 Å². The molecule has 0 N–H and O–H groups in total. The lowest BCUT2D eigenvalue weighted by atomic mass is 9.92. The predicted molar refractivity (Wildman–Crippen MR) is 72.4 cm³/mol. The summed E-state index contributed by atoms with van der Waals surface area (Å²) >= 11 is 0. The Bertz CT molecular complexity index is 563. The Morgan fingerprint density at radius 2 is 1.35 bits per heavy atom. The van der Waals surface area contributed by atoms with Crippen LogP contribution < -0.4 is 0 Å². The van der Waals surface area contributed by atoms with E-state index >= 15 is 0 Å². The Morgan fingerprint density at radius 1 is 0.900 bits per heavy atom. The molecule has 0 heterocycles. The molecule has 106 valence electrons. The summed E-state index contributed by atoms with van der Waals surface area (Å²) in [4.78, 5) is 46.8. The molecule has 0 spiro atoms. The lowest BCUT2D eigenvalue weighted by Gasteiger charge is -2.12. The molecule has 0 atom stereocenters. The Labute approximate surface area is 116 Å². The molecule has 1 aromatic rings. The quantitative estimate of drug-likeness (QED) is 0.610. The zero-order valence-corrected chi connectivity index (χ0v) is 11.9. The highest BCUT2D eigenvalue weighted by molar-refractivity contribution is 6.14. The Balaban J connectivity index is 3.68. The molecule has 0 fully saturated rings. The maximum atomic E-state index is 12.0. The summed E-state index contributed by atoms with van der Waals surface area (Å²) < 4.78 is 4.88. The van der Waals surface area contributed by atoms with Gasteiger partial charge >= 0.3 is 5.97 Å². The second-order valence-corrected chi connectivity index (χ2v) is 4.34. The van der Waals surface area contributed by atoms with Gasteiger partial charge in [0.1, 0.15) is 0 Å². The summed E-state index contributed by atoms with van der Waals surface area (Å²) in [6.07, 6.45) is 0. The highest BCUT2D eigenvalue weighted by Crippen LogP contribution is 2.21. The summed E-state index contributed by atoms with van der Waals surface area (Å²) in [6, 6.07) is 2.65. The first-order chi connectivity index (χ1) is 9.29. The third-order valence-electron chi connectivity index (χ3n) is 2.78. The molecule has 20 heavy (non-hydrogen) atoms. The summed E-state index contributed by atoms with van der Waals surface area (Å²) in [5.74, 6) is -1.83. The summed E-state index contributed by atoms with van der Waals surface area (Å²) in [7, 11) is 0. The van der Waals surface area contributed by atoms with Gasteiger partial charge in [0.05, 0.1) is 12.2 Å². The molecule has 0 unspecified atom stereocenters. The zero-order chi connectivity index (χ0) is 15.4. The van der Waals surface area contributed by atoms with Crippen LogP contribution in [0.5, 0.6) is 0 Å². The van der Waals surface area contributed by atoms with Crippen LogP contribution in [0.1, 0.15) is 69.1 Å². The van der Waals surface area contributed by atoms with Crippen molar-refractivity contribution in [1.29, 1.82) is 0 Å². The van der Waals surface area contributed by atoms with E-state index in [9.17, 15) is 19.2 Å². The minimum atomic E-state index is -0.738. The molecular formula is C15H16O5. The number of carbonyl (C=O) groups is 4. The van der Waals surface area contributed by atoms with Crippen molar-refractivity contribution in [1.82, 2.24) is 0 Å². The minimum Gasteiger partial charge on any atom is -0.462 e. The fourth-order valence-corrected chi connectivity index (χ4v) is 1.82. The maximum absolute atomic E-state index is 12.0. The van der Waals surface area contributed by atoms with Crippen molar-refractivity contribution >= 4 is 23.3 Å². The largest absolute Gasteiger partial charge is 0.462 e. The fraction of sp³-hybridized carbons (Fsp3) is 0.333. The van der Waals surface area contributed by atoms with E-state index < -0.39 is 17.5 Å². The molecule has 5 nitrogen and oxygen atoms in total. The van der Waals surface area contributed by atoms with E-state index in [2.05, 4.69) is 0 Å². The van der Waals surface area contributed by atoms with Crippen LogP contribution in [0.3, 0.4) is 0 Å². The van der Waals surface area contributed by atoms with Crippen molar-refractivity contribution in [2.45, 2.75) is 27.7 Å². The standard InChI is InChI=1S/C15H16O5/c1-5-20-15(19)14-12(9(3)17)6-11(8(2)16)7-13(14)10(4)18/h6-7H,5H2,1-4H3. The molecule has 5 heteroatoms. The Kier molecular flexibility index (Phi) is 4.91. The number of hydrogen-bond acceptors (Lipinski definition) is 5. The topological polar surface area (TPSA) is 77.5 Å². The van der Waals surface area contributed by atoms with Crippen LogP contribution >= 0.6 is 0 Å². The Hall–Kier alpha value is -2.30. The average molecular weight is 276 g/mol. The lowest BCUT2D eigenvalue weighted by molar-refractivity contribution is 0.0520. The molecule has 0 aromatic heterocycles. The van der Waals surface area contributed by atoms with Gasteiger partial charge in [-0.15, -0.1) is 0 Å². The van der Waals surface area contributed by atoms with Crippen LogP contribution in [0.15, 0.2) is 12.1 Å². The van der Waals surface area contributed by atoms with Crippen LogP contribution in [-0.2, 0) is 4.74 Å². The number of ether oxygens (including phenoxy) is 1. The molecule has 1 rings (SSSR count). The number of carbonyl (C=O) groups excluding carboxylic acids is 4. The third-order valence-corrected chi connectivity index (χ3v) is 2.78. The maximum Gasteiger partial charge on any atom is 0.339 e. The zero-order valence-electron chi connectivity index (χ0n) is 11.9. The lowest BCUT2D eigenvalue weighted by Crippen LogP contribution is -2.17. The van der Waals surface area contributed by atoms with Gasteiger partial charge in [0.15, 0.2) is 17.3 Å². The fourth-order valence-electron chi connectivity index (χ4n) is 1.82. The second kappa shape index (κ2) is 6.23. The van der Waals surface area contributed by atoms with Crippen molar-refractivity contribution in [3.8, 4) is 0 Å². The number of rotatable bonds is 5. The van der Waals surface area contributed by atoms with Gasteiger partial charge < -0.3 is 4.74 Å². The first-order valence-corrected chi connectivity index (χ1v) is 6.17. The van der Waals surface area contributed by atoms with Gasteiger partial charge in [0.25, 0.3) is 0 Å². The summed E-state index contributed by atoms with van der Waals surface area (Å²) in [5, 5.41) is 0. The normalized spacial score (nSPS) is 10.0. The van der Waals surface area contributed by atoms with Crippen molar-refractivity contribution in [2.75, 3.05) is 6.61 Å². The second-order valence-electron chi connectivity index (χ2n) is 4.34. The average Bonchev–Trinajstić information content (AvgIpc) is 2.36. The number of Topliss-reactive ketones (excluding diaryl/α,β-unsaturated/α-hetero) is 3. The molecule has 0 aliphatic heterocycles. The number of benzene rings is 1. The van der Waals surface area contributed by atoms with E-state index in [1.54, 1.807) is 6.92 Å². The number of ketones is 3. The van der Waals surface area contributed by atoms with Gasteiger partial charge in [-0.1, -0.05) is 0 Å². The Morgan fingerprint density at radius 3 is 1.65 bits per heavy atom. The van der Waals surface area contributed by atoms with E-state index in [1.165, 1.54) is 32.9 Å². The van der Waals surface area contributed by atoms with Gasteiger partial charge in [-0.05, 0) is 39.8 Å². The summed E-state index contributed by atoms with van der Waals surface area (Å²) in [5.41, 5.74) is 0.202. The molecule has 0 amide bonds. The van der Waals surface area contributed by atoms with E-state index in [4.69, 9.17) is 4.74 Å². The molecule has 0 bridgehead atoms. The van der Waals surface area contributed by atoms with Crippen LogP contribution in [0, 0.1) is 0 Å². The van der Waals surface area contributed by atoms with Crippen LogP contribution in [0.4, 0.5) is 0 Å². The van der Waals surface area contributed by atoms with E-state index in [-0.39, 0.29) is 34.6 Å². The molecule has 0 aliphatic rings. The monoisotopic (exact) mass is 276 g/mol. The molecule has 0 radical (unpaired) electrons. The van der Waals surface area contributed by atoms with Crippen LogP contribution in [0.2, 0.25) is 0 Å². The SMILES string of the molecule is CCOC(=O)c1c(C(C)=O)cc(C(C)=O)cc1C(C)=O. The first kappa shape index (κ1) is 15.8. The predicted octanol–water partition coefficient (Wildman–Crippen LogP) is 2.47. The highest BCUT2D eigenvalue weighted by Gasteiger charge is 2.24. The van der Waals surface area contributed by atoms with Gasteiger partial charge in [0.2, 0.25) is 0 Å². The summed E-state index contributed by atoms with van der Waals surface area (Å²) in [6.45, 7) is 5.62. The van der Waals surface area contributed by atoms with E-state index in [1.807, 2.05) is 0 Å². The van der Waals surface area contributed by atoms with Gasteiger partial charge in [-0.25, -0.2) is 4.79 Å². The van der Waals surface area contributed by atoms with Crippen LogP contribution in [0.25, 0.3) is 0 Å². The number of esters is 1. The van der Waals surface area contributed by atoms with Crippen molar-refractivity contribution in [2.24, 2.45) is 0 Å². The minimum absolute atomic E-state index is 0.0290.